The number of hydrogen-bond donors (Lipinski definition) is 1. The zero-order chi connectivity index (χ0) is 15.0. The average molecular weight is 288 g/mol. The van der Waals surface area contributed by atoms with Gasteiger partial charge in [0.15, 0.2) is 11.5 Å². The quantitative estimate of drug-likeness (QED) is 0.901. The lowest BCUT2D eigenvalue weighted by Crippen LogP contribution is -2.41. The molecule has 0 aromatic carbocycles. The van der Waals surface area contributed by atoms with E-state index in [-0.39, 0.29) is 11.4 Å². The van der Waals surface area contributed by atoms with Crippen LogP contribution in [0.3, 0.4) is 0 Å². The average Bonchev–Trinajstić information content (AvgIpc) is 2.96. The number of nitrogens with zero attached hydrogens (tertiary/aromatic N) is 4. The molecule has 1 aliphatic rings. The van der Waals surface area contributed by atoms with Crippen LogP contribution in [0.15, 0.2) is 23.1 Å². The predicted molar refractivity (Wildman–Crippen MR) is 77.5 cm³/mol. The molecule has 0 spiro atoms. The van der Waals surface area contributed by atoms with E-state index in [1.54, 1.807) is 23.2 Å². The van der Waals surface area contributed by atoms with Gasteiger partial charge in [-0.1, -0.05) is 0 Å². The Morgan fingerprint density at radius 1 is 1.52 bits per heavy atom. The molecule has 2 aromatic heterocycles. The van der Waals surface area contributed by atoms with Gasteiger partial charge in [-0.25, -0.2) is 14.8 Å². The highest BCUT2D eigenvalue weighted by Gasteiger charge is 2.33. The molecule has 1 atom stereocenters. The number of aryl methyl sites for hydroxylation is 1. The van der Waals surface area contributed by atoms with Crippen molar-refractivity contribution < 1.29 is 9.90 Å². The first-order chi connectivity index (χ1) is 10.1. The molecule has 1 fully saturated rings. The van der Waals surface area contributed by atoms with Crippen molar-refractivity contribution in [2.75, 3.05) is 11.4 Å². The highest BCUT2D eigenvalue weighted by atomic mass is 16.4. The van der Waals surface area contributed by atoms with Gasteiger partial charge >= 0.3 is 5.97 Å². The molecule has 0 bridgehead atoms. The van der Waals surface area contributed by atoms with Crippen LogP contribution in [0.4, 0.5) is 5.82 Å². The molecule has 7 nitrogen and oxygen atoms in total. The number of carboxylic acids is 1. The molecule has 110 valence electrons. The minimum absolute atomic E-state index is 0.210. The van der Waals surface area contributed by atoms with Gasteiger partial charge in [-0.3, -0.25) is 9.36 Å². The molecule has 1 N–H and O–H groups in total. The fourth-order valence-electron chi connectivity index (χ4n) is 2.82. The van der Waals surface area contributed by atoms with E-state index in [1.165, 1.54) is 4.57 Å². The Hall–Kier alpha value is -2.44. The zero-order valence-corrected chi connectivity index (χ0v) is 11.7. The molecule has 3 rings (SSSR count). The summed E-state index contributed by atoms with van der Waals surface area (Å²) in [6.07, 6.45) is 2.90. The maximum atomic E-state index is 12.6. The molecule has 1 aliphatic heterocycles. The second kappa shape index (κ2) is 5.16. The van der Waals surface area contributed by atoms with Crippen molar-refractivity contribution in [2.45, 2.75) is 32.4 Å². The molecule has 0 saturated carbocycles. The van der Waals surface area contributed by atoms with Crippen molar-refractivity contribution in [2.24, 2.45) is 0 Å². The van der Waals surface area contributed by atoms with Crippen LogP contribution in [-0.4, -0.2) is 38.2 Å². The summed E-state index contributed by atoms with van der Waals surface area (Å²) in [5, 5.41) is 9.29. The van der Waals surface area contributed by atoms with Crippen molar-refractivity contribution in [3.63, 3.8) is 0 Å². The van der Waals surface area contributed by atoms with Gasteiger partial charge < -0.3 is 10.0 Å². The summed E-state index contributed by atoms with van der Waals surface area (Å²) in [6.45, 7) is 2.86. The highest BCUT2D eigenvalue weighted by molar-refractivity contribution is 5.79. The highest BCUT2D eigenvalue weighted by Crippen LogP contribution is 2.23. The molecule has 21 heavy (non-hydrogen) atoms. The summed E-state index contributed by atoms with van der Waals surface area (Å²) < 4.78 is 1.54. The van der Waals surface area contributed by atoms with Gasteiger partial charge in [-0.05, 0) is 31.9 Å². The lowest BCUT2D eigenvalue weighted by Gasteiger charge is -2.22. The van der Waals surface area contributed by atoms with Crippen molar-refractivity contribution in [3.05, 3.63) is 28.7 Å². The number of carboxylic acid groups (broad SMARTS) is 1. The summed E-state index contributed by atoms with van der Waals surface area (Å²) in [5.41, 5.74) is 0.849. The van der Waals surface area contributed by atoms with Crippen LogP contribution >= 0.6 is 0 Å². The zero-order valence-electron chi connectivity index (χ0n) is 11.7. The molecule has 7 heteroatoms. The largest absolute Gasteiger partial charge is 0.480 e. The summed E-state index contributed by atoms with van der Waals surface area (Å²) in [4.78, 5) is 34.1. The Morgan fingerprint density at radius 3 is 3.05 bits per heavy atom. The fourth-order valence-corrected chi connectivity index (χ4v) is 2.82. The number of anilines is 1. The second-order valence-corrected chi connectivity index (χ2v) is 5.02. The van der Waals surface area contributed by atoms with Crippen molar-refractivity contribution in [1.29, 1.82) is 0 Å². The van der Waals surface area contributed by atoms with E-state index in [0.29, 0.717) is 30.7 Å². The van der Waals surface area contributed by atoms with Gasteiger partial charge in [0, 0.05) is 19.3 Å². The maximum absolute atomic E-state index is 12.6. The van der Waals surface area contributed by atoms with E-state index < -0.39 is 12.0 Å². The number of fused-ring (bicyclic) bond motifs is 1. The third-order valence-electron chi connectivity index (χ3n) is 3.81. The number of hydrogen-bond acceptors (Lipinski definition) is 5. The van der Waals surface area contributed by atoms with Crippen LogP contribution in [0, 0.1) is 0 Å². The van der Waals surface area contributed by atoms with Gasteiger partial charge in [0.2, 0.25) is 0 Å². The van der Waals surface area contributed by atoms with E-state index in [9.17, 15) is 14.7 Å². The Bertz CT molecular complexity index is 755. The minimum Gasteiger partial charge on any atom is -0.480 e. The first kappa shape index (κ1) is 13.5. The number of pyridine rings is 1. The second-order valence-electron chi connectivity index (χ2n) is 5.02. The first-order valence-electron chi connectivity index (χ1n) is 6.98. The molecule has 3 heterocycles. The fraction of sp³-hybridized carbons (Fsp3) is 0.429. The molecular weight excluding hydrogens is 272 g/mol. The van der Waals surface area contributed by atoms with Gasteiger partial charge in [0.25, 0.3) is 5.56 Å². The monoisotopic (exact) mass is 288 g/mol. The topological polar surface area (TPSA) is 88.3 Å². The number of aromatic nitrogens is 3. The van der Waals surface area contributed by atoms with E-state index in [1.807, 2.05) is 6.92 Å². The third kappa shape index (κ3) is 2.14. The third-order valence-corrected chi connectivity index (χ3v) is 3.81. The Kier molecular flexibility index (Phi) is 3.32. The predicted octanol–water partition coefficient (Wildman–Crippen LogP) is 0.865. The van der Waals surface area contributed by atoms with E-state index in [4.69, 9.17) is 0 Å². The summed E-state index contributed by atoms with van der Waals surface area (Å²) in [5.74, 6) is -0.703. The summed E-state index contributed by atoms with van der Waals surface area (Å²) in [7, 11) is 0. The molecule has 0 aliphatic carbocycles. The van der Waals surface area contributed by atoms with Crippen molar-refractivity contribution >= 4 is 23.0 Å². The smallest absolute Gasteiger partial charge is 0.326 e. The SMILES string of the molecule is CCn1c(=O)c(N2CCC[C@@H]2C(=O)O)nc2cccnc21. The van der Waals surface area contributed by atoms with Crippen LogP contribution in [0.2, 0.25) is 0 Å². The van der Waals surface area contributed by atoms with Crippen LogP contribution in [0.5, 0.6) is 0 Å². The summed E-state index contributed by atoms with van der Waals surface area (Å²) in [6, 6.07) is 2.86. The molecule has 1 saturated heterocycles. The van der Waals surface area contributed by atoms with Crippen molar-refractivity contribution in [1.82, 2.24) is 14.5 Å². The molecule has 2 aromatic rings. The Morgan fingerprint density at radius 2 is 2.33 bits per heavy atom. The lowest BCUT2D eigenvalue weighted by molar-refractivity contribution is -0.138. The summed E-state index contributed by atoms with van der Waals surface area (Å²) >= 11 is 0. The number of aliphatic carboxylic acids is 1. The van der Waals surface area contributed by atoms with E-state index in [2.05, 4.69) is 9.97 Å². The van der Waals surface area contributed by atoms with Crippen LogP contribution in [-0.2, 0) is 11.3 Å². The molecule has 0 radical (unpaired) electrons. The van der Waals surface area contributed by atoms with Gasteiger partial charge in [-0.15, -0.1) is 0 Å². The molecule has 0 unspecified atom stereocenters. The molecule has 0 amide bonds. The van der Waals surface area contributed by atoms with Gasteiger partial charge in [0.1, 0.15) is 11.6 Å². The Labute approximate surface area is 120 Å². The van der Waals surface area contributed by atoms with Gasteiger partial charge in [-0.2, -0.15) is 0 Å². The van der Waals surface area contributed by atoms with Crippen molar-refractivity contribution in [3.8, 4) is 0 Å². The van der Waals surface area contributed by atoms with Crippen LogP contribution < -0.4 is 10.5 Å². The Balaban J connectivity index is 2.21. The normalized spacial score (nSPS) is 18.3. The number of rotatable bonds is 3. The van der Waals surface area contributed by atoms with Gasteiger partial charge in [0.05, 0.1) is 0 Å². The standard InChI is InChI=1S/C14H16N4O3/c1-2-17-11-9(5-3-7-15-11)16-12(13(17)19)18-8-4-6-10(18)14(20)21/h3,5,7,10H,2,4,6,8H2,1H3,(H,20,21)/t10-/m1/s1. The lowest BCUT2D eigenvalue weighted by atomic mass is 10.2. The van der Waals surface area contributed by atoms with E-state index >= 15 is 0 Å². The first-order valence-corrected chi connectivity index (χ1v) is 6.98. The van der Waals surface area contributed by atoms with Crippen LogP contribution in [0.1, 0.15) is 19.8 Å². The van der Waals surface area contributed by atoms with E-state index in [0.717, 1.165) is 6.42 Å². The minimum atomic E-state index is -0.914. The maximum Gasteiger partial charge on any atom is 0.326 e. The number of carbonyl (C=O) groups is 1. The van der Waals surface area contributed by atoms with Crippen LogP contribution in [0.25, 0.3) is 11.2 Å². The molecular formula is C14H16N4O3.